The van der Waals surface area contributed by atoms with E-state index in [4.69, 9.17) is 0 Å². The molecule has 1 aromatic carbocycles. The molecule has 6 nitrogen and oxygen atoms in total. The van der Waals surface area contributed by atoms with Crippen molar-refractivity contribution in [3.8, 4) is 11.3 Å². The number of nitrogens with one attached hydrogen (secondary N) is 1. The van der Waals surface area contributed by atoms with E-state index in [0.717, 1.165) is 35.9 Å². The molecule has 4 rings (SSSR count). The summed E-state index contributed by atoms with van der Waals surface area (Å²) in [7, 11) is 0. The van der Waals surface area contributed by atoms with E-state index in [9.17, 15) is 4.79 Å². The number of amides is 1. The van der Waals surface area contributed by atoms with Gasteiger partial charge in [0.2, 0.25) is 0 Å². The average molecular weight is 345 g/mol. The number of anilines is 2. The average Bonchev–Trinajstić information content (AvgIpc) is 3.24. The van der Waals surface area contributed by atoms with Crippen LogP contribution in [-0.2, 0) is 0 Å². The standard InChI is InChI=1S/C20H19N5O/c26-20(15-8-10-21-11-9-15)22-17-5-3-4-16(14-17)18-6-7-19(24-23-18)25-12-1-2-13-25/h3-11,14H,1-2,12-13H2,(H,22,26). The fourth-order valence-corrected chi connectivity index (χ4v) is 3.06. The van der Waals surface area contributed by atoms with Crippen molar-refractivity contribution in [1.29, 1.82) is 0 Å². The highest BCUT2D eigenvalue weighted by atomic mass is 16.1. The van der Waals surface area contributed by atoms with Crippen molar-refractivity contribution >= 4 is 17.4 Å². The number of carbonyl (C=O) groups excluding carboxylic acids is 1. The minimum absolute atomic E-state index is 0.167. The molecule has 3 heterocycles. The summed E-state index contributed by atoms with van der Waals surface area (Å²) in [4.78, 5) is 18.5. The molecule has 130 valence electrons. The third-order valence-corrected chi connectivity index (χ3v) is 4.44. The third-order valence-electron chi connectivity index (χ3n) is 4.44. The van der Waals surface area contributed by atoms with Crippen molar-refractivity contribution in [2.24, 2.45) is 0 Å². The first-order valence-electron chi connectivity index (χ1n) is 8.70. The van der Waals surface area contributed by atoms with Gasteiger partial charge in [0, 0.05) is 42.3 Å². The highest BCUT2D eigenvalue weighted by Crippen LogP contribution is 2.23. The van der Waals surface area contributed by atoms with Gasteiger partial charge in [0.25, 0.3) is 5.91 Å². The van der Waals surface area contributed by atoms with Gasteiger partial charge in [0.15, 0.2) is 5.82 Å². The molecule has 6 heteroatoms. The van der Waals surface area contributed by atoms with Crippen molar-refractivity contribution in [3.05, 3.63) is 66.5 Å². The lowest BCUT2D eigenvalue weighted by Crippen LogP contribution is -2.19. The van der Waals surface area contributed by atoms with Gasteiger partial charge in [-0.1, -0.05) is 12.1 Å². The summed E-state index contributed by atoms with van der Waals surface area (Å²) in [6.07, 6.45) is 5.62. The summed E-state index contributed by atoms with van der Waals surface area (Å²) in [5.74, 6) is 0.758. The molecule has 0 aliphatic carbocycles. The molecule has 3 aromatic rings. The molecule has 1 saturated heterocycles. The number of carbonyl (C=O) groups is 1. The van der Waals surface area contributed by atoms with Crippen LogP contribution in [0.15, 0.2) is 60.9 Å². The van der Waals surface area contributed by atoms with Crippen LogP contribution in [0.1, 0.15) is 23.2 Å². The molecule has 1 aliphatic heterocycles. The van der Waals surface area contributed by atoms with Gasteiger partial charge in [-0.3, -0.25) is 9.78 Å². The fraction of sp³-hybridized carbons (Fsp3) is 0.200. The number of rotatable bonds is 4. The van der Waals surface area contributed by atoms with Crippen molar-refractivity contribution in [1.82, 2.24) is 15.2 Å². The molecular formula is C20H19N5O. The second-order valence-corrected chi connectivity index (χ2v) is 6.24. The van der Waals surface area contributed by atoms with Crippen molar-refractivity contribution in [2.75, 3.05) is 23.3 Å². The monoisotopic (exact) mass is 345 g/mol. The molecule has 1 amide bonds. The molecular weight excluding hydrogens is 326 g/mol. The van der Waals surface area contributed by atoms with Gasteiger partial charge in [-0.25, -0.2) is 0 Å². The zero-order valence-corrected chi connectivity index (χ0v) is 14.3. The minimum Gasteiger partial charge on any atom is -0.355 e. The molecule has 26 heavy (non-hydrogen) atoms. The molecule has 0 bridgehead atoms. The van der Waals surface area contributed by atoms with Crippen LogP contribution in [-0.4, -0.2) is 34.2 Å². The predicted molar refractivity (Wildman–Crippen MR) is 101 cm³/mol. The first-order valence-corrected chi connectivity index (χ1v) is 8.70. The highest BCUT2D eigenvalue weighted by Gasteiger charge is 2.14. The molecule has 1 aliphatic rings. The molecule has 0 radical (unpaired) electrons. The quantitative estimate of drug-likeness (QED) is 0.785. The maximum absolute atomic E-state index is 12.3. The third kappa shape index (κ3) is 3.54. The normalized spacial score (nSPS) is 13.6. The van der Waals surface area contributed by atoms with Crippen LogP contribution in [0.2, 0.25) is 0 Å². The van der Waals surface area contributed by atoms with E-state index in [1.54, 1.807) is 24.5 Å². The van der Waals surface area contributed by atoms with Crippen LogP contribution in [0.25, 0.3) is 11.3 Å². The van der Waals surface area contributed by atoms with Gasteiger partial charge in [-0.2, -0.15) is 0 Å². The summed E-state index contributed by atoms with van der Waals surface area (Å²) in [5.41, 5.74) is 2.99. The summed E-state index contributed by atoms with van der Waals surface area (Å²) in [6, 6.07) is 15.0. The van der Waals surface area contributed by atoms with E-state index in [1.165, 1.54) is 12.8 Å². The van der Waals surface area contributed by atoms with Crippen LogP contribution in [0.4, 0.5) is 11.5 Å². The Bertz CT molecular complexity index is 890. The van der Waals surface area contributed by atoms with Gasteiger partial charge in [0.05, 0.1) is 5.69 Å². The predicted octanol–water partition coefficient (Wildman–Crippen LogP) is 3.39. The fourth-order valence-electron chi connectivity index (χ4n) is 3.06. The Balaban J connectivity index is 1.51. The zero-order valence-electron chi connectivity index (χ0n) is 14.3. The Labute approximate surface area is 151 Å². The zero-order chi connectivity index (χ0) is 17.8. The Kier molecular flexibility index (Phi) is 4.55. The van der Waals surface area contributed by atoms with Crippen LogP contribution in [0, 0.1) is 0 Å². The molecule has 0 saturated carbocycles. The van der Waals surface area contributed by atoms with Crippen LogP contribution in [0.5, 0.6) is 0 Å². The van der Waals surface area contributed by atoms with Crippen molar-refractivity contribution in [2.45, 2.75) is 12.8 Å². The molecule has 0 atom stereocenters. The number of benzene rings is 1. The van der Waals surface area contributed by atoms with Gasteiger partial charge in [0.1, 0.15) is 0 Å². The molecule has 0 unspecified atom stereocenters. The van der Waals surface area contributed by atoms with E-state index in [-0.39, 0.29) is 5.91 Å². The van der Waals surface area contributed by atoms with Gasteiger partial charge in [-0.05, 0) is 49.2 Å². The van der Waals surface area contributed by atoms with Gasteiger partial charge < -0.3 is 10.2 Å². The SMILES string of the molecule is O=C(Nc1cccc(-c2ccc(N3CCCC3)nn2)c1)c1ccncc1. The minimum atomic E-state index is -0.167. The van der Waals surface area contributed by atoms with E-state index in [0.29, 0.717) is 5.56 Å². The Morgan fingerprint density at radius 3 is 2.50 bits per heavy atom. The van der Waals surface area contributed by atoms with Gasteiger partial charge in [-0.15, -0.1) is 10.2 Å². The van der Waals surface area contributed by atoms with E-state index in [2.05, 4.69) is 25.4 Å². The second kappa shape index (κ2) is 7.31. The van der Waals surface area contributed by atoms with E-state index < -0.39 is 0 Å². The second-order valence-electron chi connectivity index (χ2n) is 6.24. The highest BCUT2D eigenvalue weighted by molar-refractivity contribution is 6.04. The lowest BCUT2D eigenvalue weighted by atomic mass is 10.1. The molecule has 0 spiro atoms. The smallest absolute Gasteiger partial charge is 0.255 e. The summed E-state index contributed by atoms with van der Waals surface area (Å²) in [5, 5.41) is 11.6. The van der Waals surface area contributed by atoms with E-state index in [1.807, 2.05) is 36.4 Å². The Morgan fingerprint density at radius 1 is 0.962 bits per heavy atom. The van der Waals surface area contributed by atoms with Crippen molar-refractivity contribution in [3.63, 3.8) is 0 Å². The van der Waals surface area contributed by atoms with Crippen LogP contribution in [0.3, 0.4) is 0 Å². The van der Waals surface area contributed by atoms with Crippen LogP contribution >= 0.6 is 0 Å². The lowest BCUT2D eigenvalue weighted by molar-refractivity contribution is 0.102. The molecule has 2 aromatic heterocycles. The van der Waals surface area contributed by atoms with E-state index >= 15 is 0 Å². The summed E-state index contributed by atoms with van der Waals surface area (Å²) >= 11 is 0. The number of aromatic nitrogens is 3. The summed E-state index contributed by atoms with van der Waals surface area (Å²) < 4.78 is 0. The van der Waals surface area contributed by atoms with Gasteiger partial charge >= 0.3 is 0 Å². The molecule has 1 N–H and O–H groups in total. The summed E-state index contributed by atoms with van der Waals surface area (Å²) in [6.45, 7) is 2.09. The van der Waals surface area contributed by atoms with Crippen molar-refractivity contribution < 1.29 is 4.79 Å². The maximum atomic E-state index is 12.3. The number of hydrogen-bond acceptors (Lipinski definition) is 5. The number of nitrogens with zero attached hydrogens (tertiary/aromatic N) is 4. The first kappa shape index (κ1) is 16.2. The molecule has 1 fully saturated rings. The first-order chi connectivity index (χ1) is 12.8. The largest absolute Gasteiger partial charge is 0.355 e. The number of hydrogen-bond donors (Lipinski definition) is 1. The Hall–Kier alpha value is -3.28. The maximum Gasteiger partial charge on any atom is 0.255 e. The lowest BCUT2D eigenvalue weighted by Gasteiger charge is -2.15. The Morgan fingerprint density at radius 2 is 1.77 bits per heavy atom. The topological polar surface area (TPSA) is 71.0 Å². The van der Waals surface area contributed by atoms with Crippen LogP contribution < -0.4 is 10.2 Å². The number of pyridine rings is 1.